The molecule has 0 aliphatic heterocycles. The minimum atomic E-state index is -0.305. The van der Waals surface area contributed by atoms with Crippen LogP contribution in [0.25, 0.3) is 18.2 Å². The van der Waals surface area contributed by atoms with Gasteiger partial charge in [0.15, 0.2) is 34.5 Å². The molecule has 3 aromatic carbocycles. The van der Waals surface area contributed by atoms with E-state index in [4.69, 9.17) is 14.2 Å². The fraction of sp³-hybridized carbons (Fsp3) is 0.270. The number of ether oxygens (including phenoxy) is 3. The van der Waals surface area contributed by atoms with Gasteiger partial charge in [0.1, 0.15) is 0 Å². The number of nitrogens with zero attached hydrogens (tertiary/aromatic N) is 1. The zero-order valence-corrected chi connectivity index (χ0v) is 27.8. The van der Waals surface area contributed by atoms with Crippen molar-refractivity contribution in [2.45, 2.75) is 19.3 Å². The van der Waals surface area contributed by atoms with Crippen LogP contribution in [0.3, 0.4) is 0 Å². The van der Waals surface area contributed by atoms with Crippen LogP contribution >= 0.6 is 0 Å². The summed E-state index contributed by atoms with van der Waals surface area (Å²) in [5.74, 6) is 0.112. The molecule has 0 aromatic heterocycles. The van der Waals surface area contributed by atoms with Gasteiger partial charge in [-0.05, 0) is 90.6 Å². The van der Waals surface area contributed by atoms with Crippen LogP contribution in [0.1, 0.15) is 36.0 Å². The molecule has 0 saturated heterocycles. The third-order valence-electron chi connectivity index (χ3n) is 7.25. The zero-order chi connectivity index (χ0) is 35.6. The molecule has 3 amide bonds. The Labute approximate surface area is 285 Å². The lowest BCUT2D eigenvalue weighted by Crippen LogP contribution is -2.34. The van der Waals surface area contributed by atoms with Crippen molar-refractivity contribution in [1.82, 2.24) is 15.5 Å². The Hall–Kier alpha value is -5.91. The van der Waals surface area contributed by atoms with Crippen molar-refractivity contribution < 1.29 is 43.9 Å². The largest absolute Gasteiger partial charge is 0.504 e. The van der Waals surface area contributed by atoms with Gasteiger partial charge in [0, 0.05) is 44.4 Å². The highest BCUT2D eigenvalue weighted by atomic mass is 16.5. The maximum atomic E-state index is 13.2. The molecule has 49 heavy (non-hydrogen) atoms. The number of carbonyl (C=O) groups is 3. The van der Waals surface area contributed by atoms with Gasteiger partial charge in [-0.3, -0.25) is 14.4 Å². The molecule has 3 aromatic rings. The number of phenols is 3. The second-order valence-electron chi connectivity index (χ2n) is 10.8. The van der Waals surface area contributed by atoms with E-state index in [1.165, 1.54) is 57.8 Å². The van der Waals surface area contributed by atoms with E-state index >= 15 is 0 Å². The lowest BCUT2D eigenvalue weighted by Gasteiger charge is -2.21. The molecular formula is C37H43N3O9. The lowest BCUT2D eigenvalue weighted by atomic mass is 10.1. The summed E-state index contributed by atoms with van der Waals surface area (Å²) >= 11 is 0. The van der Waals surface area contributed by atoms with Gasteiger partial charge < -0.3 is 45.1 Å². The maximum Gasteiger partial charge on any atom is 0.246 e. The number of hydrogen-bond donors (Lipinski definition) is 5. The van der Waals surface area contributed by atoms with Crippen molar-refractivity contribution in [1.29, 1.82) is 0 Å². The van der Waals surface area contributed by atoms with Crippen molar-refractivity contribution in [3.63, 3.8) is 0 Å². The van der Waals surface area contributed by atoms with Crippen molar-refractivity contribution in [2.24, 2.45) is 0 Å². The summed E-state index contributed by atoms with van der Waals surface area (Å²) in [5.41, 5.74) is 2.06. The second kappa shape index (κ2) is 19.7. The molecule has 3 rings (SSSR count). The highest BCUT2D eigenvalue weighted by molar-refractivity contribution is 5.93. The first-order valence-corrected chi connectivity index (χ1v) is 15.6. The molecule has 0 spiro atoms. The average molecular weight is 674 g/mol. The van der Waals surface area contributed by atoms with Gasteiger partial charge in [-0.2, -0.15) is 0 Å². The number of methoxy groups -OCH3 is 3. The number of rotatable bonds is 18. The van der Waals surface area contributed by atoms with E-state index in [9.17, 15) is 29.7 Å². The van der Waals surface area contributed by atoms with Gasteiger partial charge in [0.2, 0.25) is 17.7 Å². The van der Waals surface area contributed by atoms with E-state index in [-0.39, 0.29) is 35.0 Å². The summed E-state index contributed by atoms with van der Waals surface area (Å²) in [6.07, 6.45) is 10.8. The van der Waals surface area contributed by atoms with E-state index < -0.39 is 0 Å². The first-order chi connectivity index (χ1) is 23.6. The number of phenolic OH excluding ortho intramolecular Hbond substituents is 3. The predicted octanol–water partition coefficient (Wildman–Crippen LogP) is 4.50. The summed E-state index contributed by atoms with van der Waals surface area (Å²) in [5, 5.41) is 35.0. The van der Waals surface area contributed by atoms with Crippen molar-refractivity contribution in [3.05, 3.63) is 89.5 Å². The third kappa shape index (κ3) is 12.7. The molecule has 12 nitrogen and oxygen atoms in total. The minimum Gasteiger partial charge on any atom is -0.504 e. The van der Waals surface area contributed by atoms with Gasteiger partial charge in [0.05, 0.1) is 21.3 Å². The fourth-order valence-corrected chi connectivity index (χ4v) is 4.58. The molecule has 0 radical (unpaired) electrons. The van der Waals surface area contributed by atoms with Crippen LogP contribution in [-0.4, -0.2) is 85.4 Å². The van der Waals surface area contributed by atoms with Crippen molar-refractivity contribution >= 4 is 35.9 Å². The Balaban J connectivity index is 1.51. The first-order valence-electron chi connectivity index (χ1n) is 15.6. The molecule has 12 heteroatoms. The Morgan fingerprint density at radius 2 is 0.980 bits per heavy atom. The van der Waals surface area contributed by atoms with Gasteiger partial charge in [-0.15, -0.1) is 0 Å². The van der Waals surface area contributed by atoms with Crippen LogP contribution in [0.5, 0.6) is 34.5 Å². The van der Waals surface area contributed by atoms with Gasteiger partial charge >= 0.3 is 0 Å². The average Bonchev–Trinajstić information content (AvgIpc) is 3.11. The zero-order valence-electron chi connectivity index (χ0n) is 27.8. The Bertz CT molecular complexity index is 1670. The van der Waals surface area contributed by atoms with Crippen LogP contribution in [0.4, 0.5) is 0 Å². The van der Waals surface area contributed by atoms with Crippen LogP contribution < -0.4 is 24.8 Å². The quantitative estimate of drug-likeness (QED) is 0.0965. The molecule has 260 valence electrons. The summed E-state index contributed by atoms with van der Waals surface area (Å²) in [6.45, 7) is 1.55. The van der Waals surface area contributed by atoms with E-state index in [1.807, 2.05) is 0 Å². The summed E-state index contributed by atoms with van der Waals surface area (Å²) < 4.78 is 15.3. The Kier molecular flexibility index (Phi) is 15.1. The first kappa shape index (κ1) is 37.5. The molecule has 0 atom stereocenters. The van der Waals surface area contributed by atoms with Crippen LogP contribution in [0.15, 0.2) is 72.8 Å². The number of carbonyl (C=O) groups excluding carboxylic acids is 3. The highest BCUT2D eigenvalue weighted by Gasteiger charge is 2.11. The topological polar surface area (TPSA) is 167 Å². The maximum absolute atomic E-state index is 13.2. The second-order valence-corrected chi connectivity index (χ2v) is 10.8. The number of unbranched alkanes of at least 4 members (excludes halogenated alkanes) is 1. The minimum absolute atomic E-state index is 0.00421. The van der Waals surface area contributed by atoms with E-state index in [2.05, 4.69) is 10.6 Å². The summed E-state index contributed by atoms with van der Waals surface area (Å²) in [4.78, 5) is 39.5. The van der Waals surface area contributed by atoms with Crippen LogP contribution in [-0.2, 0) is 14.4 Å². The molecule has 0 saturated carbocycles. The third-order valence-corrected chi connectivity index (χ3v) is 7.25. The number of aromatic hydroxyl groups is 3. The highest BCUT2D eigenvalue weighted by Crippen LogP contribution is 2.28. The van der Waals surface area contributed by atoms with E-state index in [0.29, 0.717) is 79.4 Å². The van der Waals surface area contributed by atoms with Gasteiger partial charge in [-0.25, -0.2) is 0 Å². The molecule has 0 bridgehead atoms. The SMILES string of the molecule is COc1cc(C=CC(=O)NCCCCN(CCCNC(=O)C=Cc2ccc(O)c(OC)c2)C(=O)C=Cc2ccc(O)c(OC)c2)ccc1O. The number of nitrogens with one attached hydrogen (secondary N) is 2. The number of amides is 3. The van der Waals surface area contributed by atoms with E-state index in [1.54, 1.807) is 59.5 Å². The Morgan fingerprint density at radius 1 is 0.592 bits per heavy atom. The van der Waals surface area contributed by atoms with Crippen LogP contribution in [0, 0.1) is 0 Å². The number of benzene rings is 3. The lowest BCUT2D eigenvalue weighted by molar-refractivity contribution is -0.126. The summed E-state index contributed by atoms with van der Waals surface area (Å²) in [6, 6.07) is 14.3. The molecule has 0 fully saturated rings. The standard InChI is InChI=1S/C37H43N3O9/c1-47-32-23-26(7-13-29(32)41)10-16-35(44)38-19-4-5-21-40(37(46)18-12-28-9-15-31(43)34(25-28)49-3)22-6-20-39-36(45)17-11-27-8-14-30(42)33(24-27)48-2/h7-18,23-25,41-43H,4-6,19-22H2,1-3H3,(H,38,44)(H,39,45). The molecular weight excluding hydrogens is 630 g/mol. The van der Waals surface area contributed by atoms with Crippen LogP contribution in [0.2, 0.25) is 0 Å². The molecule has 0 aliphatic rings. The monoisotopic (exact) mass is 673 g/mol. The molecule has 0 heterocycles. The smallest absolute Gasteiger partial charge is 0.246 e. The summed E-state index contributed by atoms with van der Waals surface area (Å²) in [7, 11) is 4.34. The molecule has 5 N–H and O–H groups in total. The van der Waals surface area contributed by atoms with Gasteiger partial charge in [-0.1, -0.05) is 18.2 Å². The van der Waals surface area contributed by atoms with Crippen molar-refractivity contribution in [2.75, 3.05) is 47.5 Å². The molecule has 0 unspecified atom stereocenters. The van der Waals surface area contributed by atoms with Gasteiger partial charge in [0.25, 0.3) is 0 Å². The van der Waals surface area contributed by atoms with Crippen molar-refractivity contribution in [3.8, 4) is 34.5 Å². The predicted molar refractivity (Wildman–Crippen MR) is 188 cm³/mol. The van der Waals surface area contributed by atoms with E-state index in [0.717, 1.165) is 0 Å². The molecule has 0 aliphatic carbocycles. The Morgan fingerprint density at radius 3 is 1.41 bits per heavy atom. The number of hydrogen-bond acceptors (Lipinski definition) is 9. The normalized spacial score (nSPS) is 11.2. The fourth-order valence-electron chi connectivity index (χ4n) is 4.58.